The van der Waals surface area contributed by atoms with Crippen LogP contribution < -0.4 is 5.32 Å². The molecule has 1 aromatic rings. The summed E-state index contributed by atoms with van der Waals surface area (Å²) in [4.78, 5) is 7.70. The molecule has 124 valence electrons. The Labute approximate surface area is 137 Å². The van der Waals surface area contributed by atoms with Crippen LogP contribution in [-0.2, 0) is 9.84 Å². The standard InChI is InChI=1S/C15H25N3O2S2/c1-12(13-6-5-8-21-13)10-17-14(16-4)18-7-9-22(19,20)15(2,3)11-18/h5-6,8,12H,7,9-11H2,1-4H3,(H,16,17). The number of hydrogen-bond acceptors (Lipinski definition) is 4. The second-order valence-corrected chi connectivity index (χ2v) is 10.1. The molecule has 0 radical (unpaired) electrons. The number of guanidine groups is 1. The molecule has 0 bridgehead atoms. The van der Waals surface area contributed by atoms with Crippen molar-refractivity contribution in [2.75, 3.05) is 32.4 Å². The van der Waals surface area contributed by atoms with Gasteiger partial charge in [-0.3, -0.25) is 4.99 Å². The zero-order valence-electron chi connectivity index (χ0n) is 13.7. The third-order valence-electron chi connectivity index (χ3n) is 4.15. The molecule has 0 aromatic carbocycles. The second kappa shape index (κ2) is 6.58. The zero-order valence-corrected chi connectivity index (χ0v) is 15.3. The third-order valence-corrected chi connectivity index (χ3v) is 7.79. The van der Waals surface area contributed by atoms with Crippen molar-refractivity contribution in [1.82, 2.24) is 10.2 Å². The highest BCUT2D eigenvalue weighted by molar-refractivity contribution is 7.92. The lowest BCUT2D eigenvalue weighted by atomic mass is 10.1. The van der Waals surface area contributed by atoms with Gasteiger partial charge in [-0.2, -0.15) is 0 Å². The van der Waals surface area contributed by atoms with Crippen molar-refractivity contribution in [3.8, 4) is 0 Å². The Morgan fingerprint density at radius 2 is 2.27 bits per heavy atom. The fourth-order valence-electron chi connectivity index (χ4n) is 2.57. The molecule has 0 amide bonds. The Hall–Kier alpha value is -1.08. The maximum atomic E-state index is 12.1. The first-order valence-electron chi connectivity index (χ1n) is 7.48. The highest BCUT2D eigenvalue weighted by Gasteiger charge is 2.40. The van der Waals surface area contributed by atoms with E-state index >= 15 is 0 Å². The summed E-state index contributed by atoms with van der Waals surface area (Å²) < 4.78 is 23.5. The Morgan fingerprint density at radius 1 is 1.55 bits per heavy atom. The van der Waals surface area contributed by atoms with E-state index < -0.39 is 14.6 Å². The summed E-state index contributed by atoms with van der Waals surface area (Å²) in [6.07, 6.45) is 0. The molecule has 7 heteroatoms. The molecule has 1 aliphatic heterocycles. The third kappa shape index (κ3) is 3.63. The monoisotopic (exact) mass is 343 g/mol. The molecule has 1 fully saturated rings. The van der Waals surface area contributed by atoms with Gasteiger partial charge in [-0.25, -0.2) is 8.42 Å². The van der Waals surface area contributed by atoms with E-state index in [4.69, 9.17) is 0 Å². The van der Waals surface area contributed by atoms with Crippen LogP contribution in [-0.4, -0.2) is 56.5 Å². The van der Waals surface area contributed by atoms with Crippen molar-refractivity contribution in [1.29, 1.82) is 0 Å². The van der Waals surface area contributed by atoms with Gasteiger partial charge in [-0.15, -0.1) is 11.3 Å². The number of nitrogens with one attached hydrogen (secondary N) is 1. The molecule has 2 heterocycles. The summed E-state index contributed by atoms with van der Waals surface area (Å²) in [5, 5.41) is 5.46. The summed E-state index contributed by atoms with van der Waals surface area (Å²) in [5.41, 5.74) is 0. The van der Waals surface area contributed by atoms with Crippen molar-refractivity contribution in [2.24, 2.45) is 4.99 Å². The maximum absolute atomic E-state index is 12.1. The number of hydrogen-bond donors (Lipinski definition) is 1. The van der Waals surface area contributed by atoms with Gasteiger partial charge >= 0.3 is 0 Å². The minimum absolute atomic E-state index is 0.182. The first-order valence-corrected chi connectivity index (χ1v) is 10.0. The lowest BCUT2D eigenvalue weighted by Crippen LogP contribution is -2.57. The van der Waals surface area contributed by atoms with Gasteiger partial charge in [-0.1, -0.05) is 13.0 Å². The van der Waals surface area contributed by atoms with Gasteiger partial charge in [0.05, 0.1) is 10.5 Å². The largest absolute Gasteiger partial charge is 0.356 e. The Bertz CT molecular complexity index is 621. The first kappa shape index (κ1) is 17.3. The summed E-state index contributed by atoms with van der Waals surface area (Å²) in [6.45, 7) is 7.51. The highest BCUT2D eigenvalue weighted by atomic mass is 32.2. The fraction of sp³-hybridized carbons (Fsp3) is 0.667. The normalized spacial score (nSPS) is 22.4. The van der Waals surface area contributed by atoms with Gasteiger partial charge in [-0.05, 0) is 25.3 Å². The number of rotatable bonds is 3. The number of aliphatic imine (C=N–C) groups is 1. The summed E-state index contributed by atoms with van der Waals surface area (Å²) >= 11 is 1.75. The van der Waals surface area contributed by atoms with Gasteiger partial charge < -0.3 is 10.2 Å². The minimum Gasteiger partial charge on any atom is -0.356 e. The van der Waals surface area contributed by atoms with Gasteiger partial charge in [0, 0.05) is 37.5 Å². The highest BCUT2D eigenvalue weighted by Crippen LogP contribution is 2.24. The predicted octanol–water partition coefficient (Wildman–Crippen LogP) is 1.94. The smallest absolute Gasteiger partial charge is 0.193 e. The average molecular weight is 344 g/mol. The molecule has 1 atom stereocenters. The molecule has 2 rings (SSSR count). The molecule has 1 aromatic heterocycles. The Morgan fingerprint density at radius 3 is 2.82 bits per heavy atom. The van der Waals surface area contributed by atoms with Gasteiger partial charge in [0.2, 0.25) is 0 Å². The summed E-state index contributed by atoms with van der Waals surface area (Å²) in [5.74, 6) is 1.37. The fourth-order valence-corrected chi connectivity index (χ4v) is 4.73. The quantitative estimate of drug-likeness (QED) is 0.673. The molecule has 5 nitrogen and oxygen atoms in total. The van der Waals surface area contributed by atoms with Crippen molar-refractivity contribution in [3.63, 3.8) is 0 Å². The van der Waals surface area contributed by atoms with Gasteiger partial charge in [0.15, 0.2) is 15.8 Å². The van der Waals surface area contributed by atoms with Crippen molar-refractivity contribution in [3.05, 3.63) is 22.4 Å². The van der Waals surface area contributed by atoms with Crippen LogP contribution in [0.25, 0.3) is 0 Å². The van der Waals surface area contributed by atoms with Crippen LogP contribution in [0.1, 0.15) is 31.6 Å². The molecule has 0 aliphatic carbocycles. The summed E-state index contributed by atoms with van der Waals surface area (Å²) in [7, 11) is -1.28. The predicted molar refractivity (Wildman–Crippen MR) is 93.5 cm³/mol. The molecule has 0 spiro atoms. The van der Waals surface area contributed by atoms with Crippen molar-refractivity contribution < 1.29 is 8.42 Å². The number of nitrogens with zero attached hydrogens (tertiary/aromatic N) is 2. The molecular weight excluding hydrogens is 318 g/mol. The van der Waals surface area contributed by atoms with E-state index in [1.54, 1.807) is 32.2 Å². The lowest BCUT2D eigenvalue weighted by molar-refractivity contribution is 0.353. The number of sulfone groups is 1. The Balaban J connectivity index is 1.98. The Kier molecular flexibility index (Phi) is 5.17. The van der Waals surface area contributed by atoms with Crippen LogP contribution in [0, 0.1) is 0 Å². The van der Waals surface area contributed by atoms with Crippen LogP contribution in [0.2, 0.25) is 0 Å². The van der Waals surface area contributed by atoms with E-state index in [0.717, 1.165) is 12.5 Å². The van der Waals surface area contributed by atoms with E-state index in [9.17, 15) is 8.42 Å². The molecule has 1 N–H and O–H groups in total. The zero-order chi connectivity index (χ0) is 16.4. The maximum Gasteiger partial charge on any atom is 0.193 e. The topological polar surface area (TPSA) is 61.8 Å². The van der Waals surface area contributed by atoms with E-state index in [2.05, 4.69) is 34.7 Å². The molecule has 1 aliphatic rings. The summed E-state index contributed by atoms with van der Waals surface area (Å²) in [6, 6.07) is 4.19. The SMILES string of the molecule is CN=C(NCC(C)c1cccs1)N1CCS(=O)(=O)C(C)(C)C1. The van der Waals surface area contributed by atoms with E-state index in [1.807, 2.05) is 4.90 Å². The lowest BCUT2D eigenvalue weighted by Gasteiger charge is -2.39. The minimum atomic E-state index is -3.03. The van der Waals surface area contributed by atoms with Crippen LogP contribution in [0.15, 0.2) is 22.5 Å². The van der Waals surface area contributed by atoms with Gasteiger partial charge in [0.25, 0.3) is 0 Å². The molecule has 1 saturated heterocycles. The molecular formula is C15H25N3O2S2. The van der Waals surface area contributed by atoms with E-state index in [0.29, 0.717) is 19.0 Å². The van der Waals surface area contributed by atoms with Crippen molar-refractivity contribution >= 4 is 27.1 Å². The molecule has 1 unspecified atom stereocenters. The van der Waals surface area contributed by atoms with Crippen LogP contribution in [0.4, 0.5) is 0 Å². The van der Waals surface area contributed by atoms with E-state index in [1.165, 1.54) is 4.88 Å². The van der Waals surface area contributed by atoms with Crippen molar-refractivity contribution in [2.45, 2.75) is 31.4 Å². The average Bonchev–Trinajstić information content (AvgIpc) is 2.97. The van der Waals surface area contributed by atoms with Crippen LogP contribution >= 0.6 is 11.3 Å². The van der Waals surface area contributed by atoms with Crippen LogP contribution in [0.5, 0.6) is 0 Å². The molecule has 22 heavy (non-hydrogen) atoms. The van der Waals surface area contributed by atoms with Gasteiger partial charge in [0.1, 0.15) is 0 Å². The first-order chi connectivity index (χ1) is 10.3. The van der Waals surface area contributed by atoms with E-state index in [-0.39, 0.29) is 5.75 Å². The second-order valence-electron chi connectivity index (χ2n) is 6.34. The number of thiophene rings is 1. The molecule has 0 saturated carbocycles. The van der Waals surface area contributed by atoms with Crippen LogP contribution in [0.3, 0.4) is 0 Å².